The van der Waals surface area contributed by atoms with Gasteiger partial charge >= 0.3 is 0 Å². The van der Waals surface area contributed by atoms with E-state index in [-0.39, 0.29) is 61.4 Å². The third kappa shape index (κ3) is 32.3. The molecule has 135 heavy (non-hydrogen) atoms. The Morgan fingerprint density at radius 3 is 1.10 bits per heavy atom. The van der Waals surface area contributed by atoms with E-state index in [1.807, 2.05) is 44.1 Å². The maximum Gasteiger partial charge on any atom is 0.227 e. The number of nitrogens with one attached hydrogen (secondary N) is 5. The summed E-state index contributed by atoms with van der Waals surface area (Å²) < 4.78 is 21.5. The van der Waals surface area contributed by atoms with Crippen molar-refractivity contribution in [3.63, 3.8) is 0 Å². The highest BCUT2D eigenvalue weighted by molar-refractivity contribution is 5.82. The van der Waals surface area contributed by atoms with Crippen molar-refractivity contribution < 1.29 is 33.3 Å². The van der Waals surface area contributed by atoms with E-state index in [0.29, 0.717) is 67.0 Å². The van der Waals surface area contributed by atoms with E-state index in [0.717, 1.165) is 259 Å². The molecule has 0 aromatic carbocycles. The van der Waals surface area contributed by atoms with Crippen LogP contribution in [-0.2, 0) is 61.1 Å². The molecule has 3 amide bonds. The second-order valence-corrected chi connectivity index (χ2v) is 46.9. The standard InChI is InChI=1S/C19H33N5O.C19H31N3O.C18H31N5O.C18H27N3O.C17H29N5O.C13H19N3O2/c1-18(2,3)15-11-16(20-14-12-25-13-14)22-17(21-15)23-7-9-24(10-8-23)19(4,5)6;1-18(2,3)14-7-10-20-16(13-14)21-15-8-11-22(12-9-15)17(23)19(4,5)6;1-13(2)22-6-8-23(9-7-22)17-20-15(18(3,4)5)10-16(21-17)19-14-11-24-12-14;1-18(2,3)14-6-9-19-16(12-14)20-15-7-10-21(11-8-15)17(22)13-4-5-13;1-5-21-6-8-22(9-7-21)16-19-14(17(2,3)4)10-15(20-16)18-13-11-23-12-13;1-9(17)16-6-10(7-16)18-12-5-11(13(2,3)4)14-8-15-12/h11,14H,7-10,12-13H2,1-6H3,(H,20,21,22);7,10,13,15H,8-9,11-12H2,1-6H3,(H,20,21);10,13-14H,6-9,11-12H2,1-5H3,(H,19,20,21);6,9,12-13,15H,4-5,7-8,10-11H2,1-3H3,(H,19,20);10,13H,5-9,11-12H2,1-4H3,(H,18,19,20);5,8,10H,6-7H2,1-4H3. The Hall–Kier alpha value is -9.01. The SMILES string of the molecule is CC(=O)N1CC(Oc2cc(C(C)(C)C)ncn2)C1.CC(C)(C)C(=O)N1CCC(Nc2cc(C(C)(C)C)ccn2)CC1.CC(C)(C)c1cc(NC2COC2)nc(N2CCN(C(C)(C)C)CC2)n1.CC(C)(C)c1ccnc(NC2CCN(C(=O)C3CC3)CC2)c1.CC(C)N1CCN(c2nc(NC3COC3)cc(C(C)(C)C)n2)CC1.CCN1CCN(c2nc(NC3COC3)cc(C(C)(C)C)n2)CC1. The Morgan fingerprint density at radius 1 is 0.400 bits per heavy atom. The Labute approximate surface area is 809 Å². The van der Waals surface area contributed by atoms with Crippen molar-refractivity contribution >= 4 is 64.7 Å². The van der Waals surface area contributed by atoms with Crippen LogP contribution in [0.2, 0.25) is 0 Å². The van der Waals surface area contributed by atoms with Crippen LogP contribution >= 0.6 is 0 Å². The largest absolute Gasteiger partial charge is 0.470 e. The molecule has 0 atom stereocenters. The molecule has 0 spiro atoms. The zero-order chi connectivity index (χ0) is 98.3. The van der Waals surface area contributed by atoms with E-state index in [1.165, 1.54) is 17.5 Å². The van der Waals surface area contributed by atoms with Crippen molar-refractivity contribution in [2.75, 3.05) is 205 Å². The molecule has 9 aliphatic heterocycles. The van der Waals surface area contributed by atoms with Crippen molar-refractivity contribution in [3.05, 3.63) is 101 Å². The van der Waals surface area contributed by atoms with Crippen LogP contribution in [0.1, 0.15) is 266 Å². The number of piperidine rings is 2. The Bertz CT molecular complexity index is 4740. The molecule has 31 nitrogen and oxygen atoms in total. The summed E-state index contributed by atoms with van der Waals surface area (Å²) in [7, 11) is 0. The molecular formula is C104H170N24O7. The topological polar surface area (TPSA) is 306 Å². The van der Waals surface area contributed by atoms with Gasteiger partial charge in [-0.05, 0) is 126 Å². The number of anilines is 8. The van der Waals surface area contributed by atoms with Crippen molar-refractivity contribution in [1.29, 1.82) is 0 Å². The highest BCUT2D eigenvalue weighted by atomic mass is 16.5. The molecule has 748 valence electrons. The quantitative estimate of drug-likeness (QED) is 0.0534. The van der Waals surface area contributed by atoms with Gasteiger partial charge in [-0.25, -0.2) is 34.9 Å². The number of likely N-dealkylation sites (tertiary alicyclic amines) is 3. The van der Waals surface area contributed by atoms with Gasteiger partial charge in [-0.3, -0.25) is 24.2 Å². The van der Waals surface area contributed by atoms with Crippen molar-refractivity contribution in [3.8, 4) is 5.88 Å². The van der Waals surface area contributed by atoms with Gasteiger partial charge < -0.3 is 79.8 Å². The summed E-state index contributed by atoms with van der Waals surface area (Å²) >= 11 is 0. The summed E-state index contributed by atoms with van der Waals surface area (Å²) in [6.07, 6.45) is 11.5. The summed E-state index contributed by atoms with van der Waals surface area (Å²) in [6.45, 7) is 83.2. The number of amides is 3. The Balaban J connectivity index is 0.000000156. The van der Waals surface area contributed by atoms with Crippen molar-refractivity contribution in [2.45, 2.75) is 313 Å². The number of pyridine rings is 2. The van der Waals surface area contributed by atoms with Crippen LogP contribution < -0.4 is 46.0 Å². The van der Waals surface area contributed by atoms with Crippen LogP contribution in [-0.4, -0.2) is 309 Å². The molecule has 0 bridgehead atoms. The fourth-order valence-electron chi connectivity index (χ4n) is 16.6. The van der Waals surface area contributed by atoms with Gasteiger partial charge in [-0.1, -0.05) is 152 Å². The third-order valence-corrected chi connectivity index (χ3v) is 26.5. The molecule has 0 radical (unpaired) electrons. The fourth-order valence-corrected chi connectivity index (χ4v) is 16.6. The summed E-state index contributed by atoms with van der Waals surface area (Å²) in [5, 5.41) is 17.5. The number of nitrogens with zero attached hydrogens (tertiary/aromatic N) is 19. The van der Waals surface area contributed by atoms with E-state index in [4.69, 9.17) is 48.9 Å². The molecular weight excluding hydrogens is 1700 g/mol. The van der Waals surface area contributed by atoms with Gasteiger partial charge in [0, 0.05) is 205 Å². The highest BCUT2D eigenvalue weighted by Gasteiger charge is 2.38. The van der Waals surface area contributed by atoms with Crippen LogP contribution in [0, 0.1) is 11.3 Å². The number of carbonyl (C=O) groups excluding carboxylic acids is 3. The lowest BCUT2D eigenvalue weighted by Crippen LogP contribution is -2.55. The average Bonchev–Trinajstić information content (AvgIpc) is 1.42. The summed E-state index contributed by atoms with van der Waals surface area (Å²) in [5.41, 5.74) is 6.98. The zero-order valence-corrected chi connectivity index (χ0v) is 87.7. The maximum absolute atomic E-state index is 12.3. The van der Waals surface area contributed by atoms with E-state index < -0.39 is 0 Å². The first-order valence-corrected chi connectivity index (χ1v) is 50.2. The number of rotatable bonds is 18. The average molecular weight is 1870 g/mol. The minimum absolute atomic E-state index is 0.00251. The molecule has 6 aromatic heterocycles. The van der Waals surface area contributed by atoms with E-state index in [1.54, 1.807) is 11.8 Å². The number of piperazine rings is 3. The first-order chi connectivity index (χ1) is 63.3. The van der Waals surface area contributed by atoms with Crippen LogP contribution in [0.15, 0.2) is 67.3 Å². The summed E-state index contributed by atoms with van der Waals surface area (Å²) in [4.78, 5) is 102. The van der Waals surface area contributed by atoms with Crippen LogP contribution in [0.4, 0.5) is 46.9 Å². The molecule has 1 saturated carbocycles. The smallest absolute Gasteiger partial charge is 0.227 e. The molecule has 0 unspecified atom stereocenters. The summed E-state index contributed by atoms with van der Waals surface area (Å²) in [5.74, 6) is 8.88. The number of hydrogen-bond donors (Lipinski definition) is 5. The lowest BCUT2D eigenvalue weighted by molar-refractivity contribution is -0.140. The lowest BCUT2D eigenvalue weighted by atomic mass is 9.88. The summed E-state index contributed by atoms with van der Waals surface area (Å²) in [6, 6.07) is 19.1. The molecule has 10 fully saturated rings. The number of carbonyl (C=O) groups is 3. The second-order valence-electron chi connectivity index (χ2n) is 46.9. The lowest BCUT2D eigenvalue weighted by Gasteiger charge is -2.42. The van der Waals surface area contributed by atoms with Crippen LogP contribution in [0.3, 0.4) is 0 Å². The molecule has 9 saturated heterocycles. The van der Waals surface area contributed by atoms with Gasteiger partial charge in [-0.15, -0.1) is 0 Å². The van der Waals surface area contributed by atoms with E-state index in [2.05, 4.69) is 289 Å². The fraction of sp³-hybridized carbons (Fsp3) is 0.721. The number of hydrogen-bond acceptors (Lipinski definition) is 28. The number of aromatic nitrogens is 10. The predicted molar refractivity (Wildman–Crippen MR) is 546 cm³/mol. The Kier molecular flexibility index (Phi) is 36.1. The van der Waals surface area contributed by atoms with Gasteiger partial charge in [0.05, 0.1) is 93.6 Å². The maximum atomic E-state index is 12.3. The first kappa shape index (κ1) is 106. The van der Waals surface area contributed by atoms with Gasteiger partial charge in [0.25, 0.3) is 0 Å². The van der Waals surface area contributed by atoms with Crippen molar-refractivity contribution in [1.82, 2.24) is 79.2 Å². The van der Waals surface area contributed by atoms with E-state index >= 15 is 0 Å². The second kappa shape index (κ2) is 45.7. The van der Waals surface area contributed by atoms with E-state index in [9.17, 15) is 14.4 Å². The van der Waals surface area contributed by atoms with Gasteiger partial charge in [0.1, 0.15) is 41.5 Å². The molecule has 1 aliphatic carbocycles. The normalized spacial score (nSPS) is 19.3. The van der Waals surface area contributed by atoms with Crippen LogP contribution in [0.25, 0.3) is 0 Å². The van der Waals surface area contributed by atoms with Gasteiger partial charge in [0.2, 0.25) is 41.4 Å². The Morgan fingerprint density at radius 2 is 0.770 bits per heavy atom. The molecule has 16 rings (SSSR count). The molecule has 15 heterocycles. The minimum atomic E-state index is -0.289. The number of likely N-dealkylation sites (N-methyl/N-ethyl adjacent to an activating group) is 1. The third-order valence-electron chi connectivity index (χ3n) is 26.5. The van der Waals surface area contributed by atoms with Crippen LogP contribution in [0.5, 0.6) is 5.88 Å². The first-order valence-electron chi connectivity index (χ1n) is 50.2. The van der Waals surface area contributed by atoms with Gasteiger partial charge in [-0.2, -0.15) is 15.0 Å². The molecule has 31 heteroatoms. The van der Waals surface area contributed by atoms with Gasteiger partial charge in [0.15, 0.2) is 0 Å². The molecule has 6 aromatic rings. The number of ether oxygens (including phenoxy) is 4. The highest BCUT2D eigenvalue weighted by Crippen LogP contribution is 2.36. The monoisotopic (exact) mass is 1870 g/mol. The molecule has 5 N–H and O–H groups in total. The molecule has 10 aliphatic rings. The predicted octanol–water partition coefficient (Wildman–Crippen LogP) is 14.8. The zero-order valence-electron chi connectivity index (χ0n) is 87.7. The van der Waals surface area contributed by atoms with Crippen molar-refractivity contribution in [2.24, 2.45) is 11.3 Å². The minimum Gasteiger partial charge on any atom is -0.470 e.